The van der Waals surface area contributed by atoms with Gasteiger partial charge in [0.2, 0.25) is 5.78 Å². The first-order chi connectivity index (χ1) is 12.8. The highest BCUT2D eigenvalue weighted by Gasteiger charge is 2.20. The van der Waals surface area contributed by atoms with Gasteiger partial charge in [0.1, 0.15) is 0 Å². The van der Waals surface area contributed by atoms with E-state index in [1.54, 1.807) is 60.1 Å². The molecule has 0 radical (unpaired) electrons. The van der Waals surface area contributed by atoms with Crippen LogP contribution in [0.4, 0.5) is 0 Å². The maximum Gasteiger partial charge on any atom is 0.338 e. The van der Waals surface area contributed by atoms with Crippen LogP contribution in [0.25, 0.3) is 5.69 Å². The quantitative estimate of drug-likeness (QED) is 0.479. The molecule has 0 spiro atoms. The number of rotatable bonds is 5. The standard InChI is InChI=1S/C21H19ClN2O3/c1-13-11-14(2)24(23-13)19-9-7-16(8-10-19)21(26)27-15(3)20(25)17-5-4-6-18(22)12-17/h4-12,15H,1-3H3. The smallest absolute Gasteiger partial charge is 0.338 e. The average molecular weight is 383 g/mol. The van der Waals surface area contributed by atoms with Crippen molar-refractivity contribution in [1.82, 2.24) is 9.78 Å². The summed E-state index contributed by atoms with van der Waals surface area (Å²) in [5.74, 6) is -0.858. The van der Waals surface area contributed by atoms with Crippen molar-refractivity contribution in [2.75, 3.05) is 0 Å². The third-order valence-electron chi connectivity index (χ3n) is 4.12. The molecule has 5 nitrogen and oxygen atoms in total. The molecule has 0 N–H and O–H groups in total. The molecule has 138 valence electrons. The number of aryl methyl sites for hydroxylation is 2. The van der Waals surface area contributed by atoms with E-state index in [1.165, 1.54) is 0 Å². The number of carbonyl (C=O) groups is 2. The van der Waals surface area contributed by atoms with Gasteiger partial charge in [-0.2, -0.15) is 5.10 Å². The van der Waals surface area contributed by atoms with E-state index >= 15 is 0 Å². The second-order valence-corrected chi connectivity index (χ2v) is 6.74. The Balaban J connectivity index is 1.70. The van der Waals surface area contributed by atoms with Crippen LogP contribution in [0.3, 0.4) is 0 Å². The van der Waals surface area contributed by atoms with Gasteiger partial charge in [0.15, 0.2) is 6.10 Å². The Morgan fingerprint density at radius 3 is 2.33 bits per heavy atom. The summed E-state index contributed by atoms with van der Waals surface area (Å²) in [5.41, 5.74) is 3.54. The molecule has 3 aromatic rings. The highest BCUT2D eigenvalue weighted by atomic mass is 35.5. The SMILES string of the molecule is Cc1cc(C)n(-c2ccc(C(=O)OC(C)C(=O)c3cccc(Cl)c3)cc2)n1. The fraction of sp³-hybridized carbons (Fsp3) is 0.190. The van der Waals surface area contributed by atoms with Crippen LogP contribution in [0, 0.1) is 13.8 Å². The van der Waals surface area contributed by atoms with E-state index in [4.69, 9.17) is 16.3 Å². The van der Waals surface area contributed by atoms with Gasteiger partial charge in [-0.25, -0.2) is 9.48 Å². The van der Waals surface area contributed by atoms with Gasteiger partial charge in [-0.1, -0.05) is 23.7 Å². The highest BCUT2D eigenvalue weighted by Crippen LogP contribution is 2.16. The number of carbonyl (C=O) groups excluding carboxylic acids is 2. The number of ether oxygens (including phenoxy) is 1. The Hall–Kier alpha value is -2.92. The minimum atomic E-state index is -0.911. The maximum absolute atomic E-state index is 12.4. The van der Waals surface area contributed by atoms with Crippen molar-refractivity contribution in [3.63, 3.8) is 0 Å². The lowest BCUT2D eigenvalue weighted by Crippen LogP contribution is -2.24. The first kappa shape index (κ1) is 18.9. The van der Waals surface area contributed by atoms with E-state index in [9.17, 15) is 9.59 Å². The second kappa shape index (κ2) is 7.76. The van der Waals surface area contributed by atoms with Gasteiger partial charge < -0.3 is 4.74 Å². The second-order valence-electron chi connectivity index (χ2n) is 6.31. The summed E-state index contributed by atoms with van der Waals surface area (Å²) in [5, 5.41) is 4.87. The zero-order valence-corrected chi connectivity index (χ0v) is 16.0. The van der Waals surface area contributed by atoms with Crippen molar-refractivity contribution in [2.24, 2.45) is 0 Å². The lowest BCUT2D eigenvalue weighted by atomic mass is 10.1. The average Bonchev–Trinajstić information content (AvgIpc) is 2.99. The number of aromatic nitrogens is 2. The van der Waals surface area contributed by atoms with Crippen LogP contribution in [-0.4, -0.2) is 27.6 Å². The lowest BCUT2D eigenvalue weighted by molar-refractivity contribution is 0.0319. The third kappa shape index (κ3) is 4.26. The molecule has 1 atom stereocenters. The lowest BCUT2D eigenvalue weighted by Gasteiger charge is -2.13. The summed E-state index contributed by atoms with van der Waals surface area (Å²) in [6.07, 6.45) is -0.911. The molecule has 0 fully saturated rings. The zero-order chi connectivity index (χ0) is 19.6. The van der Waals surface area contributed by atoms with E-state index in [0.29, 0.717) is 16.1 Å². The predicted molar refractivity (Wildman–Crippen MR) is 104 cm³/mol. The molecule has 3 rings (SSSR count). The molecule has 1 aromatic heterocycles. The molecule has 0 aliphatic carbocycles. The molecule has 6 heteroatoms. The fourth-order valence-corrected chi connectivity index (χ4v) is 2.98. The molecule has 0 amide bonds. The Bertz CT molecular complexity index is 993. The molecule has 27 heavy (non-hydrogen) atoms. The van der Waals surface area contributed by atoms with Crippen LogP contribution in [0.5, 0.6) is 0 Å². The Morgan fingerprint density at radius 2 is 1.74 bits per heavy atom. The summed E-state index contributed by atoms with van der Waals surface area (Å²) in [6, 6.07) is 15.4. The van der Waals surface area contributed by atoms with Crippen LogP contribution < -0.4 is 0 Å². The number of benzene rings is 2. The van der Waals surface area contributed by atoms with Crippen molar-refractivity contribution in [1.29, 1.82) is 0 Å². The molecule has 2 aromatic carbocycles. The fourth-order valence-electron chi connectivity index (χ4n) is 2.79. The van der Waals surface area contributed by atoms with Crippen molar-refractivity contribution in [3.8, 4) is 5.69 Å². The summed E-state index contributed by atoms with van der Waals surface area (Å²) < 4.78 is 7.11. The van der Waals surface area contributed by atoms with E-state index < -0.39 is 12.1 Å². The van der Waals surface area contributed by atoms with E-state index in [0.717, 1.165) is 17.1 Å². The van der Waals surface area contributed by atoms with Gasteiger partial charge >= 0.3 is 5.97 Å². The van der Waals surface area contributed by atoms with Crippen LogP contribution >= 0.6 is 11.6 Å². The number of ketones is 1. The minimum Gasteiger partial charge on any atom is -0.451 e. The monoisotopic (exact) mass is 382 g/mol. The summed E-state index contributed by atoms with van der Waals surface area (Å²) in [4.78, 5) is 24.7. The normalized spacial score (nSPS) is 11.9. The Labute approximate surface area is 162 Å². The first-order valence-corrected chi connectivity index (χ1v) is 8.87. The van der Waals surface area contributed by atoms with Crippen LogP contribution in [-0.2, 0) is 4.74 Å². The zero-order valence-electron chi connectivity index (χ0n) is 15.3. The van der Waals surface area contributed by atoms with E-state index in [1.807, 2.05) is 19.9 Å². The van der Waals surface area contributed by atoms with Crippen molar-refractivity contribution >= 4 is 23.4 Å². The van der Waals surface area contributed by atoms with Gasteiger partial charge in [0, 0.05) is 16.3 Å². The van der Waals surface area contributed by atoms with Gasteiger partial charge in [-0.05, 0) is 63.2 Å². The number of esters is 1. The first-order valence-electron chi connectivity index (χ1n) is 8.49. The van der Waals surface area contributed by atoms with Gasteiger partial charge in [0.25, 0.3) is 0 Å². The summed E-state index contributed by atoms with van der Waals surface area (Å²) in [7, 11) is 0. The Kier molecular flexibility index (Phi) is 5.42. The number of hydrogen-bond donors (Lipinski definition) is 0. The van der Waals surface area contributed by atoms with E-state index in [2.05, 4.69) is 5.10 Å². The molecule has 0 saturated carbocycles. The van der Waals surface area contributed by atoms with Crippen molar-refractivity contribution in [3.05, 3.63) is 82.1 Å². The summed E-state index contributed by atoms with van der Waals surface area (Å²) in [6.45, 7) is 5.43. The number of halogens is 1. The van der Waals surface area contributed by atoms with Crippen LogP contribution in [0.2, 0.25) is 5.02 Å². The molecule has 0 bridgehead atoms. The van der Waals surface area contributed by atoms with Gasteiger partial charge in [-0.15, -0.1) is 0 Å². The molecule has 0 saturated heterocycles. The predicted octanol–water partition coefficient (Wildman–Crippen LogP) is 4.57. The van der Waals surface area contributed by atoms with Crippen molar-refractivity contribution in [2.45, 2.75) is 26.9 Å². The molecule has 0 aliphatic heterocycles. The topological polar surface area (TPSA) is 61.2 Å². The number of Topliss-reactive ketones (excluding diaryl/α,β-unsaturated/α-hetero) is 1. The molecular weight excluding hydrogens is 364 g/mol. The Morgan fingerprint density at radius 1 is 1.04 bits per heavy atom. The highest BCUT2D eigenvalue weighted by molar-refractivity contribution is 6.31. The molecule has 0 aliphatic rings. The maximum atomic E-state index is 12.4. The van der Waals surface area contributed by atoms with Crippen LogP contribution in [0.15, 0.2) is 54.6 Å². The van der Waals surface area contributed by atoms with Crippen molar-refractivity contribution < 1.29 is 14.3 Å². The number of hydrogen-bond acceptors (Lipinski definition) is 4. The number of nitrogens with zero attached hydrogens (tertiary/aromatic N) is 2. The summed E-state index contributed by atoms with van der Waals surface area (Å²) >= 11 is 5.91. The molecule has 1 unspecified atom stereocenters. The molecular formula is C21H19ClN2O3. The van der Waals surface area contributed by atoms with Crippen LogP contribution in [0.1, 0.15) is 39.0 Å². The third-order valence-corrected chi connectivity index (χ3v) is 4.35. The van der Waals surface area contributed by atoms with E-state index in [-0.39, 0.29) is 5.78 Å². The minimum absolute atomic E-state index is 0.301. The molecule has 1 heterocycles. The largest absolute Gasteiger partial charge is 0.451 e. The van der Waals surface area contributed by atoms with Gasteiger partial charge in [-0.3, -0.25) is 4.79 Å². The van der Waals surface area contributed by atoms with Gasteiger partial charge in [0.05, 0.1) is 16.9 Å².